The summed E-state index contributed by atoms with van der Waals surface area (Å²) in [7, 11) is 0. The van der Waals surface area contributed by atoms with Crippen LogP contribution < -0.4 is 5.32 Å². The monoisotopic (exact) mass is 586 g/mol. The van der Waals surface area contributed by atoms with Crippen LogP contribution in [-0.4, -0.2) is 35.3 Å². The first-order chi connectivity index (χ1) is 20.9. The molecular formula is C37H58N6. The van der Waals surface area contributed by atoms with Crippen molar-refractivity contribution in [1.29, 1.82) is 0 Å². The molecule has 43 heavy (non-hydrogen) atoms. The van der Waals surface area contributed by atoms with Crippen molar-refractivity contribution < 1.29 is 0 Å². The second kappa shape index (κ2) is 15.8. The Morgan fingerprint density at radius 2 is 1.72 bits per heavy atom. The van der Waals surface area contributed by atoms with Crippen LogP contribution in [0, 0.1) is 17.8 Å². The Bertz CT molecular complexity index is 1150. The van der Waals surface area contributed by atoms with Gasteiger partial charge in [0.05, 0.1) is 24.0 Å². The fourth-order valence-corrected chi connectivity index (χ4v) is 7.36. The first-order valence-corrected chi connectivity index (χ1v) is 17.4. The Hall–Kier alpha value is -2.76. The summed E-state index contributed by atoms with van der Waals surface area (Å²) in [6.45, 7) is 21.8. The highest BCUT2D eigenvalue weighted by Crippen LogP contribution is 2.50. The summed E-state index contributed by atoms with van der Waals surface area (Å²) in [6, 6.07) is 9.33. The first-order valence-electron chi connectivity index (χ1n) is 17.4. The molecule has 2 aliphatic heterocycles. The maximum atomic E-state index is 5.71. The van der Waals surface area contributed by atoms with Gasteiger partial charge >= 0.3 is 0 Å². The Labute approximate surface area is 262 Å². The van der Waals surface area contributed by atoms with Crippen LogP contribution in [-0.2, 0) is 0 Å². The topological polar surface area (TPSA) is 64.7 Å². The van der Waals surface area contributed by atoms with E-state index in [0.29, 0.717) is 19.1 Å². The lowest BCUT2D eigenvalue weighted by molar-refractivity contribution is 0.0405. The molecule has 0 bridgehead atoms. The summed E-state index contributed by atoms with van der Waals surface area (Å²) >= 11 is 0. The number of azo groups is 1. The number of hydrogen-bond acceptors (Lipinski definition) is 6. The molecule has 0 amide bonds. The van der Waals surface area contributed by atoms with E-state index in [9.17, 15) is 0 Å². The van der Waals surface area contributed by atoms with Crippen molar-refractivity contribution in [2.75, 3.05) is 13.2 Å². The molecule has 0 saturated heterocycles. The lowest BCUT2D eigenvalue weighted by Gasteiger charge is -2.48. The third kappa shape index (κ3) is 8.05. The number of unbranched alkanes of at least 4 members (excludes halogenated alkanes) is 2. The molecule has 6 nitrogen and oxygen atoms in total. The van der Waals surface area contributed by atoms with Crippen LogP contribution in [0.25, 0.3) is 5.70 Å². The van der Waals surface area contributed by atoms with Gasteiger partial charge in [-0.1, -0.05) is 117 Å². The van der Waals surface area contributed by atoms with E-state index in [-0.39, 0.29) is 11.7 Å². The molecule has 1 aromatic rings. The van der Waals surface area contributed by atoms with Crippen molar-refractivity contribution in [1.82, 2.24) is 10.2 Å². The minimum atomic E-state index is -0.155. The van der Waals surface area contributed by atoms with Gasteiger partial charge < -0.3 is 10.2 Å². The summed E-state index contributed by atoms with van der Waals surface area (Å²) in [5.74, 6) is 3.01. The van der Waals surface area contributed by atoms with Crippen LogP contribution in [0.2, 0.25) is 0 Å². The molecule has 1 aromatic carbocycles. The smallest absolute Gasteiger partial charge is 0.167 e. The molecule has 1 spiro atoms. The van der Waals surface area contributed by atoms with Gasteiger partial charge in [-0.3, -0.25) is 4.99 Å². The second-order valence-corrected chi connectivity index (χ2v) is 13.3. The molecule has 236 valence electrons. The zero-order valence-electron chi connectivity index (χ0n) is 27.9. The van der Waals surface area contributed by atoms with Gasteiger partial charge in [-0.05, 0) is 67.4 Å². The molecule has 0 radical (unpaired) electrons. The fraction of sp³-hybridized carbons (Fsp3) is 0.676. The molecule has 3 unspecified atom stereocenters. The van der Waals surface area contributed by atoms with E-state index in [4.69, 9.17) is 11.6 Å². The van der Waals surface area contributed by atoms with Crippen LogP contribution in [0.4, 0.5) is 0 Å². The first kappa shape index (κ1) is 33.1. The average Bonchev–Trinajstić information content (AvgIpc) is 3.65. The highest BCUT2D eigenvalue weighted by molar-refractivity contribution is 6.01. The molecule has 1 saturated carbocycles. The molecule has 6 heteroatoms. The predicted molar refractivity (Wildman–Crippen MR) is 183 cm³/mol. The third-order valence-corrected chi connectivity index (χ3v) is 10.5. The lowest BCUT2D eigenvalue weighted by Crippen LogP contribution is -2.48. The third-order valence-electron chi connectivity index (χ3n) is 10.5. The minimum Gasteiger partial charge on any atom is -0.378 e. The van der Waals surface area contributed by atoms with Gasteiger partial charge in [-0.25, -0.2) is 4.99 Å². The Balaban J connectivity index is 1.60. The minimum absolute atomic E-state index is 0.155. The standard InChI is InChI=1S/C37H58N6/c1-8-12-14-30(11-4)24-34-29(7)43(37(41-34)22-20-31(21-23-37)27(5)10-3)35(15-13-9-2)33-18-16-32(17-19-33)28(6)38-25-36-39-26-40-42-36/h16-19,27,30-31,35,38H,6-15,20-26H2,1-5H3. The van der Waals surface area contributed by atoms with E-state index in [1.54, 1.807) is 0 Å². The highest BCUT2D eigenvalue weighted by atomic mass is 15.4. The van der Waals surface area contributed by atoms with E-state index in [1.165, 1.54) is 74.8 Å². The molecule has 4 rings (SSSR count). The van der Waals surface area contributed by atoms with E-state index in [1.807, 2.05) is 0 Å². The van der Waals surface area contributed by atoms with E-state index in [2.05, 4.69) is 90.9 Å². The maximum Gasteiger partial charge on any atom is 0.167 e. The van der Waals surface area contributed by atoms with E-state index in [0.717, 1.165) is 54.6 Å². The highest BCUT2D eigenvalue weighted by Gasteiger charge is 2.49. The normalized spacial score (nSPS) is 23.8. The van der Waals surface area contributed by atoms with Gasteiger partial charge in [0, 0.05) is 5.70 Å². The number of allylic oxidation sites excluding steroid dienone is 1. The molecule has 1 N–H and O–H groups in total. The predicted octanol–water partition coefficient (Wildman–Crippen LogP) is 10.1. The second-order valence-electron chi connectivity index (χ2n) is 13.3. The Morgan fingerprint density at radius 1 is 1.02 bits per heavy atom. The largest absolute Gasteiger partial charge is 0.378 e. The van der Waals surface area contributed by atoms with Gasteiger partial charge in [-0.2, -0.15) is 5.11 Å². The van der Waals surface area contributed by atoms with Crippen molar-refractivity contribution in [3.8, 4) is 0 Å². The van der Waals surface area contributed by atoms with E-state index < -0.39 is 0 Å². The lowest BCUT2D eigenvalue weighted by atomic mass is 9.74. The number of aliphatic imine (C=N–C) groups is 2. The van der Waals surface area contributed by atoms with Gasteiger partial charge in [0.15, 0.2) is 12.5 Å². The Morgan fingerprint density at radius 3 is 2.33 bits per heavy atom. The van der Waals surface area contributed by atoms with Crippen molar-refractivity contribution in [3.05, 3.63) is 54.2 Å². The van der Waals surface area contributed by atoms with Crippen LogP contribution in [0.1, 0.15) is 135 Å². The van der Waals surface area contributed by atoms with E-state index >= 15 is 0 Å². The Kier molecular flexibility index (Phi) is 12.2. The molecule has 2 heterocycles. The molecule has 1 fully saturated rings. The van der Waals surface area contributed by atoms with Gasteiger partial charge in [0.2, 0.25) is 0 Å². The van der Waals surface area contributed by atoms with Crippen LogP contribution >= 0.6 is 0 Å². The number of benzene rings is 1. The summed E-state index contributed by atoms with van der Waals surface area (Å²) in [5, 5.41) is 11.4. The summed E-state index contributed by atoms with van der Waals surface area (Å²) in [6.07, 6.45) is 15.7. The summed E-state index contributed by atoms with van der Waals surface area (Å²) < 4.78 is 0. The van der Waals surface area contributed by atoms with Gasteiger partial charge in [0.25, 0.3) is 0 Å². The fourth-order valence-electron chi connectivity index (χ4n) is 7.36. The number of nitrogens with one attached hydrogen (secondary N) is 1. The van der Waals surface area contributed by atoms with Gasteiger partial charge in [0.1, 0.15) is 5.66 Å². The van der Waals surface area contributed by atoms with Crippen molar-refractivity contribution >= 4 is 17.2 Å². The summed E-state index contributed by atoms with van der Waals surface area (Å²) in [5.41, 5.74) is 5.66. The average molecular weight is 587 g/mol. The quantitative estimate of drug-likeness (QED) is 0.197. The molecule has 3 atom stereocenters. The zero-order chi connectivity index (χ0) is 30.8. The molecule has 3 aliphatic rings. The van der Waals surface area contributed by atoms with Crippen LogP contribution in [0.15, 0.2) is 63.3 Å². The van der Waals surface area contributed by atoms with Crippen LogP contribution in [0.3, 0.4) is 0 Å². The van der Waals surface area contributed by atoms with Crippen molar-refractivity contribution in [2.45, 2.75) is 130 Å². The van der Waals surface area contributed by atoms with Crippen molar-refractivity contribution in [2.24, 2.45) is 38.0 Å². The maximum absolute atomic E-state index is 5.71. The van der Waals surface area contributed by atoms with Gasteiger partial charge in [-0.15, -0.1) is 5.11 Å². The molecule has 1 aliphatic carbocycles. The van der Waals surface area contributed by atoms with Crippen molar-refractivity contribution in [3.63, 3.8) is 0 Å². The molecule has 0 aromatic heterocycles. The summed E-state index contributed by atoms with van der Waals surface area (Å²) in [4.78, 5) is 12.7. The number of nitrogens with zero attached hydrogens (tertiary/aromatic N) is 5. The molecular weight excluding hydrogens is 528 g/mol. The SMILES string of the molecule is C=C(NCC1=NCN=N1)c1ccc(C(CCCC)N2C(=C)C(CC(CC)CCCC)=NC23CCC(C(C)CC)CC3)cc1. The zero-order valence-corrected chi connectivity index (χ0v) is 27.9. The number of hydrogen-bond donors (Lipinski definition) is 1. The number of rotatable bonds is 17. The van der Waals surface area contributed by atoms with Crippen LogP contribution in [0.5, 0.6) is 0 Å². The number of amidine groups is 1.